The molecular weight excluding hydrogens is 615 g/mol. The van der Waals surface area contributed by atoms with Crippen LogP contribution in [0, 0.1) is 45.9 Å². The Morgan fingerprint density at radius 3 is 1.27 bits per heavy atom. The molecule has 0 spiro atoms. The summed E-state index contributed by atoms with van der Waals surface area (Å²) < 4.78 is 48.4. The van der Waals surface area contributed by atoms with Crippen LogP contribution >= 0.6 is 0 Å². The van der Waals surface area contributed by atoms with Crippen LogP contribution in [0.3, 0.4) is 0 Å². The van der Waals surface area contributed by atoms with Gasteiger partial charge in [-0.25, -0.2) is 0 Å². The summed E-state index contributed by atoms with van der Waals surface area (Å²) in [6, 6.07) is 35.3. The van der Waals surface area contributed by atoms with Crippen LogP contribution in [0.5, 0.6) is 0 Å². The van der Waals surface area contributed by atoms with Crippen LogP contribution in [0.1, 0.15) is 38.9 Å². The van der Waals surface area contributed by atoms with E-state index in [0.717, 1.165) is 71.9 Å². The zero-order valence-corrected chi connectivity index (χ0v) is 27.8. The zero-order valence-electron chi connectivity index (χ0n) is 27.8. The molecule has 0 radical (unpaired) electrons. The Bertz CT molecular complexity index is 2450. The first-order chi connectivity index (χ1) is 23.4. The minimum Gasteiger partial charge on any atom is -0.308 e. The number of hydrogen-bond donors (Lipinski definition) is 0. The van der Waals surface area contributed by atoms with Crippen LogP contribution < -0.4 is 0 Å². The van der Waals surface area contributed by atoms with Gasteiger partial charge >= 0.3 is 6.18 Å². The number of nitriles is 1. The predicted molar refractivity (Wildman–Crippen MR) is 194 cm³/mol. The normalized spacial score (nSPS) is 12.1. The van der Waals surface area contributed by atoms with Crippen molar-refractivity contribution >= 4 is 43.6 Å². The number of aryl methyl sites for hydroxylation is 5. The molecule has 0 saturated heterocycles. The maximum atomic E-state index is 14.8. The van der Waals surface area contributed by atoms with Crippen LogP contribution in [0.15, 0.2) is 103 Å². The third-order valence-corrected chi connectivity index (χ3v) is 9.71. The van der Waals surface area contributed by atoms with E-state index in [1.807, 2.05) is 27.7 Å². The molecular formula is C43H32F3N3. The van der Waals surface area contributed by atoms with Gasteiger partial charge in [0, 0.05) is 21.5 Å². The van der Waals surface area contributed by atoms with Crippen molar-refractivity contribution in [3.05, 3.63) is 142 Å². The molecule has 0 N–H and O–H groups in total. The molecule has 6 aromatic carbocycles. The number of rotatable bonds is 3. The summed E-state index contributed by atoms with van der Waals surface area (Å²) in [6.45, 7) is 9.79. The van der Waals surface area contributed by atoms with Gasteiger partial charge in [-0.2, -0.15) is 18.4 Å². The molecule has 0 amide bonds. The highest BCUT2D eigenvalue weighted by Gasteiger charge is 2.35. The fraction of sp³-hybridized carbons (Fsp3) is 0.140. The van der Waals surface area contributed by atoms with Crippen molar-refractivity contribution in [3.63, 3.8) is 0 Å². The molecule has 0 bridgehead atoms. The Kier molecular flexibility index (Phi) is 6.77. The number of halogens is 3. The van der Waals surface area contributed by atoms with Crippen LogP contribution in [0.4, 0.5) is 13.2 Å². The lowest BCUT2D eigenvalue weighted by molar-refractivity contribution is -0.137. The van der Waals surface area contributed by atoms with Gasteiger partial charge in [-0.15, -0.1) is 0 Å². The minimum atomic E-state index is -4.59. The third-order valence-electron chi connectivity index (χ3n) is 9.71. The zero-order chi connectivity index (χ0) is 34.4. The third kappa shape index (κ3) is 4.72. The highest BCUT2D eigenvalue weighted by molar-refractivity contribution is 6.11. The molecule has 8 rings (SSSR count). The Hall–Kier alpha value is -5.80. The summed E-state index contributed by atoms with van der Waals surface area (Å²) in [6.07, 6.45) is -4.59. The van der Waals surface area contributed by atoms with Gasteiger partial charge in [-0.3, -0.25) is 0 Å². The number of aromatic nitrogens is 2. The Balaban J connectivity index is 1.62. The van der Waals surface area contributed by atoms with Crippen LogP contribution in [-0.4, -0.2) is 9.13 Å². The average Bonchev–Trinajstić information content (AvgIpc) is 3.53. The number of nitrogens with zero attached hydrogens (tertiary/aromatic N) is 3. The summed E-state index contributed by atoms with van der Waals surface area (Å²) in [7, 11) is 0. The van der Waals surface area contributed by atoms with Gasteiger partial charge in [0.05, 0.1) is 39.0 Å². The number of fused-ring (bicyclic) bond motifs is 6. The van der Waals surface area contributed by atoms with Crippen LogP contribution in [0.25, 0.3) is 66.1 Å². The Labute approximate surface area is 282 Å². The number of alkyl halides is 3. The lowest BCUT2D eigenvalue weighted by Crippen LogP contribution is -2.10. The summed E-state index contributed by atoms with van der Waals surface area (Å²) in [5.41, 5.74) is 9.38. The molecule has 2 aromatic heterocycles. The molecule has 0 saturated carbocycles. The maximum absolute atomic E-state index is 14.8. The first-order valence-corrected chi connectivity index (χ1v) is 16.2. The molecule has 6 heteroatoms. The molecule has 0 aliphatic rings. The smallest absolute Gasteiger partial charge is 0.308 e. The van der Waals surface area contributed by atoms with Crippen molar-refractivity contribution in [2.75, 3.05) is 0 Å². The lowest BCUT2D eigenvalue weighted by atomic mass is 9.92. The second-order valence-corrected chi connectivity index (χ2v) is 13.2. The predicted octanol–water partition coefficient (Wildman–Crippen LogP) is 12.0. The van der Waals surface area contributed by atoms with Crippen LogP contribution in [0.2, 0.25) is 0 Å². The van der Waals surface area contributed by atoms with Gasteiger partial charge in [0.25, 0.3) is 0 Å². The summed E-state index contributed by atoms with van der Waals surface area (Å²) >= 11 is 0. The van der Waals surface area contributed by atoms with E-state index >= 15 is 0 Å². The second kappa shape index (κ2) is 10.9. The van der Waals surface area contributed by atoms with Crippen molar-refractivity contribution in [2.24, 2.45) is 0 Å². The topological polar surface area (TPSA) is 33.6 Å². The van der Waals surface area contributed by atoms with Crippen molar-refractivity contribution in [1.82, 2.24) is 9.13 Å². The number of hydrogen-bond acceptors (Lipinski definition) is 1. The van der Waals surface area contributed by atoms with Crippen molar-refractivity contribution < 1.29 is 13.2 Å². The average molecular weight is 648 g/mol. The summed E-state index contributed by atoms with van der Waals surface area (Å²) in [5.74, 6) is 0. The van der Waals surface area contributed by atoms with E-state index in [1.54, 1.807) is 25.1 Å². The van der Waals surface area contributed by atoms with E-state index in [-0.39, 0.29) is 5.56 Å². The summed E-state index contributed by atoms with van der Waals surface area (Å²) in [4.78, 5) is 0. The first kappa shape index (κ1) is 30.5. The molecule has 8 aromatic rings. The maximum Gasteiger partial charge on any atom is 0.417 e. The Morgan fingerprint density at radius 1 is 0.531 bits per heavy atom. The molecule has 49 heavy (non-hydrogen) atoms. The van der Waals surface area contributed by atoms with E-state index in [0.29, 0.717) is 28.1 Å². The van der Waals surface area contributed by atoms with Gasteiger partial charge in [0.15, 0.2) is 0 Å². The molecule has 3 nitrogen and oxygen atoms in total. The van der Waals surface area contributed by atoms with E-state index in [2.05, 4.69) is 88.0 Å². The highest BCUT2D eigenvalue weighted by atomic mass is 19.4. The van der Waals surface area contributed by atoms with Gasteiger partial charge in [0.1, 0.15) is 11.6 Å². The van der Waals surface area contributed by atoms with Gasteiger partial charge in [-0.1, -0.05) is 60.7 Å². The lowest BCUT2D eigenvalue weighted by Gasteiger charge is -2.21. The first-order valence-electron chi connectivity index (χ1n) is 16.2. The monoisotopic (exact) mass is 647 g/mol. The second-order valence-electron chi connectivity index (χ2n) is 13.2. The molecule has 240 valence electrons. The largest absolute Gasteiger partial charge is 0.417 e. The van der Waals surface area contributed by atoms with Gasteiger partial charge in [0.2, 0.25) is 0 Å². The Morgan fingerprint density at radius 2 is 0.918 bits per heavy atom. The number of benzene rings is 6. The minimum absolute atomic E-state index is 0.100. The molecule has 0 atom stereocenters. The van der Waals surface area contributed by atoms with E-state index in [9.17, 15) is 18.4 Å². The molecule has 2 heterocycles. The molecule has 0 unspecified atom stereocenters. The van der Waals surface area contributed by atoms with E-state index in [4.69, 9.17) is 0 Å². The standard InChI is InChI=1S/C43H32F3N3/c1-24-9-13-30-31-14-10-25(2)18-37(31)48(36(30)17-24)40-21-29(42-28(5)7-6-8-35(42)43(44,45)46)22-41(34(40)23-47)49-38-19-26(3)11-15-32(38)33-16-12-27(4)20-39(33)49/h6-22H,1-5H3. The van der Waals surface area contributed by atoms with E-state index < -0.39 is 11.7 Å². The summed E-state index contributed by atoms with van der Waals surface area (Å²) in [5, 5.41) is 15.2. The molecule has 0 aliphatic heterocycles. The van der Waals surface area contributed by atoms with E-state index in [1.165, 1.54) is 6.07 Å². The van der Waals surface area contributed by atoms with Crippen molar-refractivity contribution in [1.29, 1.82) is 5.26 Å². The van der Waals surface area contributed by atoms with Gasteiger partial charge in [-0.05, 0) is 116 Å². The molecule has 0 fully saturated rings. The SMILES string of the molecule is Cc1ccc2c3ccc(C)cc3n(-c3cc(-c4c(C)cccc4C(F)(F)F)cc(-n4c5cc(C)ccc5c5ccc(C)cc54)c3C#N)c2c1. The van der Waals surface area contributed by atoms with Crippen molar-refractivity contribution in [3.8, 4) is 28.6 Å². The highest BCUT2D eigenvalue weighted by Crippen LogP contribution is 2.44. The fourth-order valence-corrected chi connectivity index (χ4v) is 7.51. The van der Waals surface area contributed by atoms with Crippen molar-refractivity contribution in [2.45, 2.75) is 40.8 Å². The fourth-order valence-electron chi connectivity index (χ4n) is 7.51. The van der Waals surface area contributed by atoms with Crippen LogP contribution in [-0.2, 0) is 6.18 Å². The van der Waals surface area contributed by atoms with Gasteiger partial charge < -0.3 is 9.13 Å². The molecule has 0 aliphatic carbocycles. The quantitative estimate of drug-likeness (QED) is 0.188.